The maximum Gasteiger partial charge on any atom is 0.237 e. The van der Waals surface area contributed by atoms with Crippen LogP contribution in [0.4, 0.5) is 0 Å². The van der Waals surface area contributed by atoms with E-state index in [-0.39, 0.29) is 5.91 Å². The van der Waals surface area contributed by atoms with Crippen LogP contribution in [0.25, 0.3) is 0 Å². The summed E-state index contributed by atoms with van der Waals surface area (Å²) in [4.78, 5) is 11.2. The highest BCUT2D eigenvalue weighted by Gasteiger charge is 2.24. The van der Waals surface area contributed by atoms with Crippen LogP contribution in [0.5, 0.6) is 11.5 Å². The zero-order chi connectivity index (χ0) is 14.0. The molecule has 0 aliphatic carbocycles. The van der Waals surface area contributed by atoms with Crippen molar-refractivity contribution in [1.29, 1.82) is 0 Å². The van der Waals surface area contributed by atoms with Gasteiger partial charge in [-0.3, -0.25) is 10.1 Å². The second-order valence-electron chi connectivity index (χ2n) is 4.94. The van der Waals surface area contributed by atoms with Gasteiger partial charge in [0.1, 0.15) is 13.2 Å². The molecule has 1 aromatic carbocycles. The Morgan fingerprint density at radius 2 is 2.11 bits per heavy atom. The smallest absolute Gasteiger partial charge is 0.237 e. The highest BCUT2D eigenvalue weighted by Crippen LogP contribution is 2.38. The standard InChI is InChI=1S/C13H17BrN2O3/c1-13(2,12(15)17)16-7-8-5-9(14)11-10(6-8)18-3-4-19-11/h5-6,16H,3-4,7H2,1-2H3,(H2,15,17). The van der Waals surface area contributed by atoms with E-state index in [4.69, 9.17) is 15.2 Å². The third-order valence-electron chi connectivity index (χ3n) is 3.01. The van der Waals surface area contributed by atoms with Gasteiger partial charge in [-0.25, -0.2) is 0 Å². The van der Waals surface area contributed by atoms with Crippen LogP contribution in [0.1, 0.15) is 19.4 Å². The van der Waals surface area contributed by atoms with E-state index in [0.29, 0.717) is 25.5 Å². The lowest BCUT2D eigenvalue weighted by Gasteiger charge is -2.24. The number of nitrogens with two attached hydrogens (primary N) is 1. The molecular weight excluding hydrogens is 312 g/mol. The first-order valence-corrected chi connectivity index (χ1v) is 6.82. The molecule has 1 aromatic rings. The third kappa shape index (κ3) is 3.19. The molecule has 0 bridgehead atoms. The number of nitrogens with one attached hydrogen (secondary N) is 1. The molecule has 19 heavy (non-hydrogen) atoms. The van der Waals surface area contributed by atoms with Gasteiger partial charge in [0.2, 0.25) is 5.91 Å². The molecule has 3 N–H and O–H groups in total. The molecule has 0 spiro atoms. The Bertz CT molecular complexity index is 503. The second-order valence-corrected chi connectivity index (χ2v) is 5.80. The van der Waals surface area contributed by atoms with Crippen molar-refractivity contribution in [3.8, 4) is 11.5 Å². The van der Waals surface area contributed by atoms with Crippen LogP contribution in [0.3, 0.4) is 0 Å². The number of rotatable bonds is 4. The number of hydrogen-bond donors (Lipinski definition) is 2. The number of carbonyl (C=O) groups is 1. The lowest BCUT2D eigenvalue weighted by atomic mass is 10.0. The van der Waals surface area contributed by atoms with E-state index >= 15 is 0 Å². The van der Waals surface area contributed by atoms with E-state index < -0.39 is 5.54 Å². The number of halogens is 1. The fourth-order valence-electron chi connectivity index (χ4n) is 1.68. The quantitative estimate of drug-likeness (QED) is 0.880. The summed E-state index contributed by atoms with van der Waals surface area (Å²) in [6.45, 7) is 5.12. The predicted octanol–water partition coefficient (Wildman–Crippen LogP) is 1.57. The first kappa shape index (κ1) is 14.1. The molecule has 5 nitrogen and oxygen atoms in total. The van der Waals surface area contributed by atoms with Gasteiger partial charge >= 0.3 is 0 Å². The molecule has 0 atom stereocenters. The zero-order valence-electron chi connectivity index (χ0n) is 11.0. The molecule has 0 saturated heterocycles. The largest absolute Gasteiger partial charge is 0.486 e. The van der Waals surface area contributed by atoms with Crippen LogP contribution in [0, 0.1) is 0 Å². The number of carbonyl (C=O) groups excluding carboxylic acids is 1. The first-order chi connectivity index (χ1) is 8.90. The number of ether oxygens (including phenoxy) is 2. The van der Waals surface area contributed by atoms with E-state index in [2.05, 4.69) is 21.2 Å². The number of amides is 1. The summed E-state index contributed by atoms with van der Waals surface area (Å²) >= 11 is 3.46. The molecule has 1 aliphatic rings. The minimum absolute atomic E-state index is 0.385. The van der Waals surface area contributed by atoms with E-state index in [1.807, 2.05) is 12.1 Å². The Hall–Kier alpha value is -1.27. The van der Waals surface area contributed by atoms with Crippen molar-refractivity contribution < 1.29 is 14.3 Å². The van der Waals surface area contributed by atoms with E-state index in [1.165, 1.54) is 0 Å². The number of benzene rings is 1. The van der Waals surface area contributed by atoms with Gasteiger partial charge in [-0.1, -0.05) is 0 Å². The van der Waals surface area contributed by atoms with Crippen LogP contribution in [0.15, 0.2) is 16.6 Å². The molecule has 0 saturated carbocycles. The van der Waals surface area contributed by atoms with Gasteiger partial charge < -0.3 is 15.2 Å². The maximum atomic E-state index is 11.2. The Labute approximate surface area is 120 Å². The lowest BCUT2D eigenvalue weighted by molar-refractivity contribution is -0.123. The maximum absolute atomic E-state index is 11.2. The average Bonchev–Trinajstić information content (AvgIpc) is 2.36. The lowest BCUT2D eigenvalue weighted by Crippen LogP contribution is -2.50. The molecule has 0 radical (unpaired) electrons. The van der Waals surface area contributed by atoms with Crippen molar-refractivity contribution in [1.82, 2.24) is 5.32 Å². The van der Waals surface area contributed by atoms with Gasteiger partial charge in [0.25, 0.3) is 0 Å². The summed E-state index contributed by atoms with van der Waals surface area (Å²) in [5.41, 5.74) is 5.56. The van der Waals surface area contributed by atoms with E-state index in [9.17, 15) is 4.79 Å². The average molecular weight is 329 g/mol. The monoisotopic (exact) mass is 328 g/mol. The molecule has 0 aromatic heterocycles. The van der Waals surface area contributed by atoms with Crippen LogP contribution in [-0.2, 0) is 11.3 Å². The Morgan fingerprint density at radius 1 is 1.42 bits per heavy atom. The molecule has 2 rings (SSSR count). The Morgan fingerprint density at radius 3 is 2.79 bits per heavy atom. The van der Waals surface area contributed by atoms with Crippen molar-refractivity contribution in [3.05, 3.63) is 22.2 Å². The van der Waals surface area contributed by atoms with E-state index in [0.717, 1.165) is 15.8 Å². The molecule has 0 unspecified atom stereocenters. The summed E-state index contributed by atoms with van der Waals surface area (Å²) in [6, 6.07) is 3.85. The third-order valence-corrected chi connectivity index (χ3v) is 3.60. The molecular formula is C13H17BrN2O3. The minimum atomic E-state index is -0.750. The van der Waals surface area contributed by atoms with E-state index in [1.54, 1.807) is 13.8 Å². The fraction of sp³-hybridized carbons (Fsp3) is 0.462. The molecule has 1 heterocycles. The SMILES string of the molecule is CC(C)(NCc1cc(Br)c2c(c1)OCCO2)C(N)=O. The molecule has 1 amide bonds. The summed E-state index contributed by atoms with van der Waals surface area (Å²) in [5.74, 6) is 1.06. The first-order valence-electron chi connectivity index (χ1n) is 6.03. The second kappa shape index (κ2) is 5.38. The van der Waals surface area contributed by atoms with Gasteiger partial charge in [-0.2, -0.15) is 0 Å². The number of primary amides is 1. The van der Waals surface area contributed by atoms with Crippen molar-refractivity contribution in [2.45, 2.75) is 25.9 Å². The fourth-order valence-corrected chi connectivity index (χ4v) is 2.28. The van der Waals surface area contributed by atoms with Gasteiger partial charge in [-0.05, 0) is 47.5 Å². The summed E-state index contributed by atoms with van der Waals surface area (Å²) in [7, 11) is 0. The normalized spacial score (nSPS) is 14.3. The summed E-state index contributed by atoms with van der Waals surface area (Å²) < 4.78 is 11.9. The molecule has 6 heteroatoms. The van der Waals surface area contributed by atoms with Crippen LogP contribution >= 0.6 is 15.9 Å². The van der Waals surface area contributed by atoms with Crippen molar-refractivity contribution >= 4 is 21.8 Å². The Balaban J connectivity index is 2.14. The van der Waals surface area contributed by atoms with Crippen LogP contribution < -0.4 is 20.5 Å². The van der Waals surface area contributed by atoms with Gasteiger partial charge in [0, 0.05) is 6.54 Å². The predicted molar refractivity (Wildman–Crippen MR) is 75.2 cm³/mol. The van der Waals surface area contributed by atoms with Crippen molar-refractivity contribution in [2.75, 3.05) is 13.2 Å². The highest BCUT2D eigenvalue weighted by molar-refractivity contribution is 9.10. The summed E-state index contributed by atoms with van der Waals surface area (Å²) in [5, 5.41) is 3.12. The molecule has 1 aliphatic heterocycles. The minimum Gasteiger partial charge on any atom is -0.486 e. The molecule has 104 valence electrons. The van der Waals surface area contributed by atoms with Gasteiger partial charge in [0.05, 0.1) is 10.0 Å². The van der Waals surface area contributed by atoms with Crippen molar-refractivity contribution in [3.63, 3.8) is 0 Å². The number of fused-ring (bicyclic) bond motifs is 1. The number of hydrogen-bond acceptors (Lipinski definition) is 4. The van der Waals surface area contributed by atoms with Gasteiger partial charge in [-0.15, -0.1) is 0 Å². The highest BCUT2D eigenvalue weighted by atomic mass is 79.9. The Kier molecular flexibility index (Phi) is 4.01. The molecule has 0 fully saturated rings. The van der Waals surface area contributed by atoms with Gasteiger partial charge in [0.15, 0.2) is 11.5 Å². The summed E-state index contributed by atoms with van der Waals surface area (Å²) in [6.07, 6.45) is 0. The zero-order valence-corrected chi connectivity index (χ0v) is 12.5. The van der Waals surface area contributed by atoms with Crippen LogP contribution in [0.2, 0.25) is 0 Å². The van der Waals surface area contributed by atoms with Crippen LogP contribution in [-0.4, -0.2) is 24.7 Å². The van der Waals surface area contributed by atoms with Crippen molar-refractivity contribution in [2.24, 2.45) is 5.73 Å². The topological polar surface area (TPSA) is 73.6 Å².